The quantitative estimate of drug-likeness (QED) is 0.486. The molecule has 0 fully saturated rings. The predicted octanol–water partition coefficient (Wildman–Crippen LogP) is 1.92. The van der Waals surface area contributed by atoms with E-state index in [0.29, 0.717) is 5.70 Å². The molecule has 0 bridgehead atoms. The molecule has 0 aromatic rings. The molecule has 0 aliphatic heterocycles. The molecule has 7 heavy (non-hydrogen) atoms. The molecular weight excluding hydrogens is 90.1 g/mol. The van der Waals surface area contributed by atoms with Crippen LogP contribution < -0.4 is 0 Å². The molecule has 40 valence electrons. The van der Waals surface area contributed by atoms with Crippen molar-refractivity contribution in [2.24, 2.45) is 11.1 Å². The van der Waals surface area contributed by atoms with Gasteiger partial charge in [0.05, 0.1) is 5.70 Å². The van der Waals surface area contributed by atoms with Crippen molar-refractivity contribution < 1.29 is 0 Å². The lowest BCUT2D eigenvalue weighted by Gasteiger charge is -1.94. The lowest BCUT2D eigenvalue weighted by atomic mass is 10.2. The minimum absolute atomic E-state index is 0.192. The van der Waals surface area contributed by atoms with E-state index in [1.807, 2.05) is 13.8 Å². The van der Waals surface area contributed by atoms with Gasteiger partial charge in [-0.2, -0.15) is 0 Å². The Kier molecular flexibility index (Phi) is 2.27. The van der Waals surface area contributed by atoms with Gasteiger partial charge in [0.25, 0.3) is 0 Å². The van der Waals surface area contributed by atoms with Crippen molar-refractivity contribution >= 4 is 0 Å². The van der Waals surface area contributed by atoms with Crippen LogP contribution in [0.5, 0.6) is 0 Å². The second-order valence-electron chi connectivity index (χ2n) is 1.74. The summed E-state index contributed by atoms with van der Waals surface area (Å²) in [6, 6.07) is 0. The predicted molar refractivity (Wildman–Crippen MR) is 29.8 cm³/mol. The molecule has 2 nitrogen and oxygen atoms in total. The molecule has 0 rings (SSSR count). The molecule has 0 saturated heterocycles. The standard InChI is InChI=1S/C5H9NO/c1-4(2)5(3)6-7/h4H,3H2,1-2H3. The van der Waals surface area contributed by atoms with Gasteiger partial charge in [-0.3, -0.25) is 0 Å². The number of nitroso groups, excluding NO2 is 1. The van der Waals surface area contributed by atoms with E-state index in [1.54, 1.807) is 0 Å². The lowest BCUT2D eigenvalue weighted by molar-refractivity contribution is 0.760. The summed E-state index contributed by atoms with van der Waals surface area (Å²) >= 11 is 0. The zero-order valence-corrected chi connectivity index (χ0v) is 4.64. The topological polar surface area (TPSA) is 29.4 Å². The van der Waals surface area contributed by atoms with Gasteiger partial charge < -0.3 is 0 Å². The third kappa shape index (κ3) is 2.09. The molecule has 0 radical (unpaired) electrons. The smallest absolute Gasteiger partial charge is 0.0802 e. The van der Waals surface area contributed by atoms with E-state index in [4.69, 9.17) is 0 Å². The lowest BCUT2D eigenvalue weighted by Crippen LogP contribution is -1.85. The van der Waals surface area contributed by atoms with Crippen molar-refractivity contribution in [1.82, 2.24) is 0 Å². The van der Waals surface area contributed by atoms with Gasteiger partial charge in [-0.15, -0.1) is 4.91 Å². The Bertz CT molecular complexity index is 86.1. The molecule has 0 aromatic carbocycles. The normalized spacial score (nSPS) is 9.00. The molecular formula is C5H9NO. The van der Waals surface area contributed by atoms with E-state index in [1.165, 1.54) is 0 Å². The largest absolute Gasteiger partial charge is 0.145 e. The van der Waals surface area contributed by atoms with Crippen LogP contribution >= 0.6 is 0 Å². The van der Waals surface area contributed by atoms with Crippen LogP contribution in [0.4, 0.5) is 0 Å². The van der Waals surface area contributed by atoms with Crippen LogP contribution in [-0.4, -0.2) is 0 Å². The van der Waals surface area contributed by atoms with Crippen LogP contribution in [0.25, 0.3) is 0 Å². The number of allylic oxidation sites excluding steroid dienone is 1. The highest BCUT2D eigenvalue weighted by molar-refractivity contribution is 4.93. The van der Waals surface area contributed by atoms with Crippen molar-refractivity contribution in [2.75, 3.05) is 0 Å². The minimum atomic E-state index is 0.192. The van der Waals surface area contributed by atoms with E-state index >= 15 is 0 Å². The Balaban J connectivity index is 3.56. The Morgan fingerprint density at radius 3 is 2.14 bits per heavy atom. The highest BCUT2D eigenvalue weighted by Gasteiger charge is 1.95. The van der Waals surface area contributed by atoms with Gasteiger partial charge in [-0.25, -0.2) is 0 Å². The Labute approximate surface area is 43.2 Å². The molecule has 0 amide bonds. The van der Waals surface area contributed by atoms with Crippen molar-refractivity contribution in [3.8, 4) is 0 Å². The number of hydrogen-bond acceptors (Lipinski definition) is 2. The van der Waals surface area contributed by atoms with Gasteiger partial charge >= 0.3 is 0 Å². The van der Waals surface area contributed by atoms with Crippen LogP contribution in [0.15, 0.2) is 17.5 Å². The number of nitrogens with zero attached hydrogens (tertiary/aromatic N) is 1. The van der Waals surface area contributed by atoms with E-state index in [2.05, 4.69) is 11.8 Å². The second-order valence-corrected chi connectivity index (χ2v) is 1.74. The third-order valence-electron chi connectivity index (χ3n) is 0.784. The maximum atomic E-state index is 9.60. The zero-order chi connectivity index (χ0) is 5.86. The summed E-state index contributed by atoms with van der Waals surface area (Å²) in [6.07, 6.45) is 0. The molecule has 0 atom stereocenters. The van der Waals surface area contributed by atoms with Gasteiger partial charge in [0.1, 0.15) is 0 Å². The minimum Gasteiger partial charge on any atom is -0.145 e. The average molecular weight is 99.1 g/mol. The van der Waals surface area contributed by atoms with Crippen molar-refractivity contribution in [2.45, 2.75) is 13.8 Å². The zero-order valence-electron chi connectivity index (χ0n) is 4.64. The summed E-state index contributed by atoms with van der Waals surface area (Å²) in [6.45, 7) is 7.15. The van der Waals surface area contributed by atoms with Gasteiger partial charge in [0.15, 0.2) is 0 Å². The first-order valence-electron chi connectivity index (χ1n) is 2.20. The summed E-state index contributed by atoms with van der Waals surface area (Å²) < 4.78 is 0. The fourth-order valence-corrected chi connectivity index (χ4v) is 0.105. The Morgan fingerprint density at radius 1 is 1.71 bits per heavy atom. The van der Waals surface area contributed by atoms with Gasteiger partial charge in [0.2, 0.25) is 0 Å². The summed E-state index contributed by atoms with van der Waals surface area (Å²) in [4.78, 5) is 9.60. The maximum Gasteiger partial charge on any atom is 0.0802 e. The number of rotatable bonds is 2. The van der Waals surface area contributed by atoms with E-state index < -0.39 is 0 Å². The van der Waals surface area contributed by atoms with Crippen LogP contribution in [0.2, 0.25) is 0 Å². The molecule has 2 heteroatoms. The molecule has 0 N–H and O–H groups in total. The molecule has 0 aromatic heterocycles. The summed E-state index contributed by atoms with van der Waals surface area (Å²) in [5.41, 5.74) is 0.417. The highest BCUT2D eigenvalue weighted by atomic mass is 16.3. The summed E-state index contributed by atoms with van der Waals surface area (Å²) in [7, 11) is 0. The van der Waals surface area contributed by atoms with Gasteiger partial charge in [0, 0.05) is 0 Å². The first-order valence-corrected chi connectivity index (χ1v) is 2.20. The second kappa shape index (κ2) is 2.50. The third-order valence-corrected chi connectivity index (χ3v) is 0.784. The van der Waals surface area contributed by atoms with Gasteiger partial charge in [-0.1, -0.05) is 20.4 Å². The van der Waals surface area contributed by atoms with Crippen molar-refractivity contribution in [3.05, 3.63) is 17.2 Å². The first kappa shape index (κ1) is 6.34. The van der Waals surface area contributed by atoms with Crippen molar-refractivity contribution in [3.63, 3.8) is 0 Å². The number of hydrogen-bond donors (Lipinski definition) is 0. The molecule has 0 spiro atoms. The molecule has 0 unspecified atom stereocenters. The fraction of sp³-hybridized carbons (Fsp3) is 0.600. The van der Waals surface area contributed by atoms with E-state index in [9.17, 15) is 4.91 Å². The average Bonchev–Trinajstić information content (AvgIpc) is 1.65. The summed E-state index contributed by atoms with van der Waals surface area (Å²) in [5.74, 6) is 0.192. The molecule has 0 aliphatic rings. The summed E-state index contributed by atoms with van der Waals surface area (Å²) in [5, 5.41) is 2.64. The van der Waals surface area contributed by atoms with E-state index in [-0.39, 0.29) is 5.92 Å². The van der Waals surface area contributed by atoms with Gasteiger partial charge in [-0.05, 0) is 11.1 Å². The van der Waals surface area contributed by atoms with Crippen LogP contribution in [0.3, 0.4) is 0 Å². The Morgan fingerprint density at radius 2 is 2.14 bits per heavy atom. The van der Waals surface area contributed by atoms with Crippen LogP contribution in [0.1, 0.15) is 13.8 Å². The van der Waals surface area contributed by atoms with E-state index in [0.717, 1.165) is 0 Å². The molecule has 0 saturated carbocycles. The highest BCUT2D eigenvalue weighted by Crippen LogP contribution is 2.05. The van der Waals surface area contributed by atoms with Crippen LogP contribution in [-0.2, 0) is 0 Å². The van der Waals surface area contributed by atoms with Crippen molar-refractivity contribution in [1.29, 1.82) is 0 Å². The van der Waals surface area contributed by atoms with Crippen LogP contribution in [0, 0.1) is 10.8 Å². The fourth-order valence-electron chi connectivity index (χ4n) is 0.105. The first-order chi connectivity index (χ1) is 3.18. The monoisotopic (exact) mass is 99.1 g/mol. The molecule has 0 aliphatic carbocycles. The molecule has 0 heterocycles. The Hall–Kier alpha value is -0.660. The SMILES string of the molecule is C=C(N=O)C(C)C. The maximum absolute atomic E-state index is 9.60.